The number of urea groups is 1. The first-order chi connectivity index (χ1) is 12.6. The number of hydrogen-bond donors (Lipinski definition) is 2. The Labute approximate surface area is 156 Å². The summed E-state index contributed by atoms with van der Waals surface area (Å²) in [4.78, 5) is 12.2. The molecular formula is C21H32N2O3. The number of benzene rings is 1. The maximum atomic E-state index is 12.2. The monoisotopic (exact) mass is 360 g/mol. The second-order valence-electron chi connectivity index (χ2n) is 7.70. The summed E-state index contributed by atoms with van der Waals surface area (Å²) < 4.78 is 10.9. The Hall–Kier alpha value is -1.91. The molecule has 2 aliphatic carbocycles. The van der Waals surface area contributed by atoms with Crippen molar-refractivity contribution in [1.29, 1.82) is 0 Å². The fraction of sp³-hybridized carbons (Fsp3) is 0.667. The summed E-state index contributed by atoms with van der Waals surface area (Å²) >= 11 is 0. The molecule has 2 aliphatic rings. The lowest BCUT2D eigenvalue weighted by Crippen LogP contribution is -2.45. The SMILES string of the molecule is CCOc1ccc(CCNC(=O)NC(C)C2CC3CCC2C3)cc1OC. The number of carbonyl (C=O) groups excluding carboxylic acids is 1. The molecule has 2 saturated carbocycles. The molecule has 0 aliphatic heterocycles. The fourth-order valence-electron chi connectivity index (χ4n) is 4.73. The van der Waals surface area contributed by atoms with Gasteiger partial charge in [0.2, 0.25) is 0 Å². The zero-order valence-electron chi connectivity index (χ0n) is 16.2. The zero-order valence-corrected chi connectivity index (χ0v) is 16.2. The minimum absolute atomic E-state index is 0.0572. The second-order valence-corrected chi connectivity index (χ2v) is 7.70. The molecule has 3 rings (SSSR count). The Morgan fingerprint density at radius 1 is 1.27 bits per heavy atom. The van der Waals surface area contributed by atoms with E-state index in [4.69, 9.17) is 9.47 Å². The number of methoxy groups -OCH3 is 1. The number of nitrogens with one attached hydrogen (secondary N) is 2. The average molecular weight is 360 g/mol. The predicted molar refractivity (Wildman–Crippen MR) is 103 cm³/mol. The van der Waals surface area contributed by atoms with Crippen molar-refractivity contribution in [3.63, 3.8) is 0 Å². The number of fused-ring (bicyclic) bond motifs is 2. The highest BCUT2D eigenvalue weighted by Gasteiger charge is 2.42. The van der Waals surface area contributed by atoms with E-state index < -0.39 is 0 Å². The Bertz CT molecular complexity index is 619. The number of ether oxygens (including phenoxy) is 2. The molecule has 4 atom stereocenters. The van der Waals surface area contributed by atoms with Gasteiger partial charge in [-0.1, -0.05) is 12.5 Å². The van der Waals surface area contributed by atoms with E-state index in [1.807, 2.05) is 25.1 Å². The van der Waals surface area contributed by atoms with Crippen molar-refractivity contribution in [1.82, 2.24) is 10.6 Å². The lowest BCUT2D eigenvalue weighted by atomic mass is 9.84. The molecule has 0 radical (unpaired) electrons. The molecule has 2 fully saturated rings. The van der Waals surface area contributed by atoms with Crippen LogP contribution in [0.3, 0.4) is 0 Å². The lowest BCUT2D eigenvalue weighted by Gasteiger charge is -2.28. The third kappa shape index (κ3) is 4.43. The van der Waals surface area contributed by atoms with Crippen LogP contribution in [0.2, 0.25) is 0 Å². The van der Waals surface area contributed by atoms with Crippen LogP contribution in [-0.4, -0.2) is 32.3 Å². The van der Waals surface area contributed by atoms with Gasteiger partial charge in [-0.15, -0.1) is 0 Å². The van der Waals surface area contributed by atoms with Crippen LogP contribution < -0.4 is 20.1 Å². The lowest BCUT2D eigenvalue weighted by molar-refractivity contribution is 0.220. The van der Waals surface area contributed by atoms with Gasteiger partial charge in [-0.3, -0.25) is 0 Å². The van der Waals surface area contributed by atoms with Crippen LogP contribution in [0.1, 0.15) is 45.1 Å². The van der Waals surface area contributed by atoms with Crippen molar-refractivity contribution in [3.05, 3.63) is 23.8 Å². The van der Waals surface area contributed by atoms with Crippen LogP contribution in [0, 0.1) is 17.8 Å². The third-order valence-electron chi connectivity index (χ3n) is 6.02. The summed E-state index contributed by atoms with van der Waals surface area (Å²) in [6.07, 6.45) is 6.17. The summed E-state index contributed by atoms with van der Waals surface area (Å²) in [7, 11) is 1.64. The van der Waals surface area contributed by atoms with Gasteiger partial charge in [0.25, 0.3) is 0 Å². The molecule has 0 saturated heterocycles. The van der Waals surface area contributed by atoms with Crippen molar-refractivity contribution in [3.8, 4) is 11.5 Å². The maximum absolute atomic E-state index is 12.2. The minimum atomic E-state index is -0.0572. The van der Waals surface area contributed by atoms with Gasteiger partial charge in [-0.05, 0) is 75.0 Å². The Morgan fingerprint density at radius 2 is 2.12 bits per heavy atom. The van der Waals surface area contributed by atoms with Crippen molar-refractivity contribution in [2.45, 2.75) is 52.0 Å². The molecule has 2 bridgehead atoms. The summed E-state index contributed by atoms with van der Waals surface area (Å²) in [5.74, 6) is 3.89. The normalized spacial score (nSPS) is 25.0. The molecule has 5 nitrogen and oxygen atoms in total. The van der Waals surface area contributed by atoms with Crippen molar-refractivity contribution >= 4 is 6.03 Å². The zero-order chi connectivity index (χ0) is 18.5. The molecule has 26 heavy (non-hydrogen) atoms. The van der Waals surface area contributed by atoms with Crippen molar-refractivity contribution in [2.24, 2.45) is 17.8 Å². The highest BCUT2D eigenvalue weighted by Crippen LogP contribution is 2.49. The van der Waals surface area contributed by atoms with Gasteiger partial charge in [-0.25, -0.2) is 4.79 Å². The number of hydrogen-bond acceptors (Lipinski definition) is 3. The minimum Gasteiger partial charge on any atom is -0.493 e. The Balaban J connectivity index is 1.42. The summed E-state index contributed by atoms with van der Waals surface area (Å²) in [5.41, 5.74) is 1.12. The predicted octanol–water partition coefficient (Wildman–Crippen LogP) is 3.76. The highest BCUT2D eigenvalue weighted by molar-refractivity contribution is 5.74. The first-order valence-electron chi connectivity index (χ1n) is 9.94. The van der Waals surface area contributed by atoms with E-state index >= 15 is 0 Å². The van der Waals surface area contributed by atoms with Crippen LogP contribution in [0.4, 0.5) is 4.79 Å². The largest absolute Gasteiger partial charge is 0.493 e. The molecule has 0 spiro atoms. The highest BCUT2D eigenvalue weighted by atomic mass is 16.5. The van der Waals surface area contributed by atoms with E-state index in [-0.39, 0.29) is 12.1 Å². The van der Waals surface area contributed by atoms with Gasteiger partial charge < -0.3 is 20.1 Å². The van der Waals surface area contributed by atoms with Crippen LogP contribution >= 0.6 is 0 Å². The maximum Gasteiger partial charge on any atom is 0.315 e. The fourth-order valence-corrected chi connectivity index (χ4v) is 4.73. The molecule has 2 N–H and O–H groups in total. The van der Waals surface area contributed by atoms with Crippen LogP contribution in [0.5, 0.6) is 11.5 Å². The van der Waals surface area contributed by atoms with Crippen LogP contribution in [0.25, 0.3) is 0 Å². The molecule has 144 valence electrons. The van der Waals surface area contributed by atoms with Crippen LogP contribution in [-0.2, 0) is 6.42 Å². The molecule has 1 aromatic carbocycles. The molecule has 4 unspecified atom stereocenters. The first-order valence-corrected chi connectivity index (χ1v) is 9.94. The molecule has 0 heterocycles. The van der Waals surface area contributed by atoms with E-state index in [2.05, 4.69) is 17.6 Å². The topological polar surface area (TPSA) is 59.6 Å². The van der Waals surface area contributed by atoms with Gasteiger partial charge in [0.1, 0.15) is 0 Å². The first kappa shape index (κ1) is 18.9. The molecule has 2 amide bonds. The van der Waals surface area contributed by atoms with Crippen molar-refractivity contribution < 1.29 is 14.3 Å². The van der Waals surface area contributed by atoms with Crippen LogP contribution in [0.15, 0.2) is 18.2 Å². The Kier molecular flexibility index (Phi) is 6.28. The summed E-state index contributed by atoms with van der Waals surface area (Å²) in [6, 6.07) is 6.12. The van der Waals surface area contributed by atoms with Crippen molar-refractivity contribution in [2.75, 3.05) is 20.3 Å². The number of rotatable bonds is 8. The van der Waals surface area contributed by atoms with Gasteiger partial charge in [-0.2, -0.15) is 0 Å². The van der Waals surface area contributed by atoms with E-state index in [9.17, 15) is 4.79 Å². The van der Waals surface area contributed by atoms with Gasteiger partial charge in [0, 0.05) is 12.6 Å². The molecular weight excluding hydrogens is 328 g/mol. The van der Waals surface area contributed by atoms with E-state index in [0.29, 0.717) is 19.1 Å². The molecule has 5 heteroatoms. The van der Waals surface area contributed by atoms with Gasteiger partial charge in [0.05, 0.1) is 13.7 Å². The van der Waals surface area contributed by atoms with E-state index in [0.717, 1.165) is 35.3 Å². The second kappa shape index (κ2) is 8.65. The average Bonchev–Trinajstić information content (AvgIpc) is 3.26. The summed E-state index contributed by atoms with van der Waals surface area (Å²) in [6.45, 7) is 5.32. The summed E-state index contributed by atoms with van der Waals surface area (Å²) in [5, 5.41) is 6.13. The van der Waals surface area contributed by atoms with E-state index in [1.165, 1.54) is 25.7 Å². The Morgan fingerprint density at radius 3 is 2.77 bits per heavy atom. The quantitative estimate of drug-likeness (QED) is 0.742. The van der Waals surface area contributed by atoms with E-state index in [1.54, 1.807) is 7.11 Å². The number of carbonyl (C=O) groups is 1. The standard InChI is InChI=1S/C21H32N2O3/c1-4-26-19-8-6-15(13-20(19)25-3)9-10-22-21(24)23-14(2)18-12-16-5-7-17(18)11-16/h6,8,13-14,16-18H,4-5,7,9-12H2,1-3H3,(H2,22,23,24). The van der Waals surface area contributed by atoms with Gasteiger partial charge in [0.15, 0.2) is 11.5 Å². The molecule has 0 aromatic heterocycles. The van der Waals surface area contributed by atoms with Gasteiger partial charge >= 0.3 is 6.03 Å². The third-order valence-corrected chi connectivity index (χ3v) is 6.02. The molecule has 1 aromatic rings. The smallest absolute Gasteiger partial charge is 0.315 e. The number of amides is 2.